The summed E-state index contributed by atoms with van der Waals surface area (Å²) < 4.78 is 33.8. The summed E-state index contributed by atoms with van der Waals surface area (Å²) in [6.07, 6.45) is 3.26. The maximum absolute atomic E-state index is 12.8. The molecule has 248 valence electrons. The highest BCUT2D eigenvalue weighted by Gasteiger charge is 2.31. The lowest BCUT2D eigenvalue weighted by molar-refractivity contribution is -0.142. The highest BCUT2D eigenvalue weighted by atomic mass is 16.6. The monoisotopic (exact) mass is 628 g/mol. The van der Waals surface area contributed by atoms with Crippen molar-refractivity contribution < 1.29 is 48.2 Å². The normalized spacial score (nSPS) is 17.1. The van der Waals surface area contributed by atoms with Gasteiger partial charge in [-0.1, -0.05) is 48.0 Å². The van der Waals surface area contributed by atoms with Gasteiger partial charge in [-0.05, 0) is 68.7 Å². The van der Waals surface area contributed by atoms with E-state index in [1.807, 2.05) is 63.2 Å². The van der Waals surface area contributed by atoms with Gasteiger partial charge in [0.2, 0.25) is 0 Å². The van der Waals surface area contributed by atoms with E-state index in [-0.39, 0.29) is 30.8 Å². The lowest BCUT2D eigenvalue weighted by Crippen LogP contribution is -2.26. The zero-order chi connectivity index (χ0) is 32.4. The van der Waals surface area contributed by atoms with Crippen LogP contribution >= 0.6 is 0 Å². The average molecular weight is 629 g/mol. The number of ether oxygens (including phenoxy) is 6. The summed E-state index contributed by atoms with van der Waals surface area (Å²) >= 11 is 0. The third-order valence-electron chi connectivity index (χ3n) is 7.59. The molecule has 0 aromatic heterocycles. The summed E-state index contributed by atoms with van der Waals surface area (Å²) in [5.41, 5.74) is 4.96. The minimum atomic E-state index is -1.00. The van der Waals surface area contributed by atoms with E-state index in [1.54, 1.807) is 0 Å². The first-order valence-corrected chi connectivity index (χ1v) is 15.6. The van der Waals surface area contributed by atoms with Crippen molar-refractivity contribution in [3.63, 3.8) is 0 Å². The molecule has 0 radical (unpaired) electrons. The van der Waals surface area contributed by atoms with E-state index >= 15 is 0 Å². The topological polar surface area (TPSA) is 130 Å². The Morgan fingerprint density at radius 3 is 1.80 bits per heavy atom. The van der Waals surface area contributed by atoms with E-state index in [4.69, 9.17) is 33.5 Å². The first kappa shape index (κ1) is 36.2. The number of carbonyl (C=O) groups is 2. The minimum Gasteiger partial charge on any atom is -0.492 e. The lowest BCUT2D eigenvalue weighted by atomic mass is 9.82. The van der Waals surface area contributed by atoms with Gasteiger partial charge < -0.3 is 38.6 Å². The second kappa shape index (κ2) is 20.0. The predicted octanol–water partition coefficient (Wildman–Crippen LogP) is 5.35. The molecule has 0 unspecified atom stereocenters. The SMILES string of the molecule is Cc1cc(C)c(/C(C(=O)O)=C(\OCc2ccccc2)C2CCC(OCCOCCOCCOCCOCC(=O)O)CC2)c(C)c1. The third-order valence-corrected chi connectivity index (χ3v) is 7.59. The molecule has 1 aliphatic rings. The molecule has 10 nitrogen and oxygen atoms in total. The third kappa shape index (κ3) is 12.9. The first-order chi connectivity index (χ1) is 21.8. The van der Waals surface area contributed by atoms with Crippen molar-refractivity contribution in [1.82, 2.24) is 0 Å². The van der Waals surface area contributed by atoms with E-state index in [9.17, 15) is 14.7 Å². The van der Waals surface area contributed by atoms with Crippen LogP contribution in [0.15, 0.2) is 48.2 Å². The Balaban J connectivity index is 1.45. The zero-order valence-corrected chi connectivity index (χ0v) is 26.8. The summed E-state index contributed by atoms with van der Waals surface area (Å²) in [6, 6.07) is 13.9. The van der Waals surface area contributed by atoms with Crippen molar-refractivity contribution in [2.45, 2.75) is 59.2 Å². The highest BCUT2D eigenvalue weighted by Crippen LogP contribution is 2.38. The van der Waals surface area contributed by atoms with Crippen molar-refractivity contribution in [3.8, 4) is 0 Å². The lowest BCUT2D eigenvalue weighted by Gasteiger charge is -2.31. The van der Waals surface area contributed by atoms with E-state index in [0.29, 0.717) is 58.6 Å². The second-order valence-corrected chi connectivity index (χ2v) is 11.2. The molecule has 2 aromatic rings. The van der Waals surface area contributed by atoms with Crippen molar-refractivity contribution >= 4 is 17.5 Å². The fraction of sp³-hybridized carbons (Fsp3) is 0.543. The van der Waals surface area contributed by atoms with E-state index in [1.165, 1.54) is 0 Å². The van der Waals surface area contributed by atoms with Gasteiger partial charge in [-0.15, -0.1) is 0 Å². The van der Waals surface area contributed by atoms with Gasteiger partial charge in [-0.25, -0.2) is 9.59 Å². The maximum atomic E-state index is 12.8. The molecule has 0 aliphatic heterocycles. The van der Waals surface area contributed by atoms with Crippen LogP contribution in [0.4, 0.5) is 0 Å². The Hall–Kier alpha value is -3.28. The molecular formula is C35H48O10. The molecule has 0 bridgehead atoms. The molecule has 1 saturated carbocycles. The van der Waals surface area contributed by atoms with Crippen LogP contribution in [-0.4, -0.2) is 87.7 Å². The number of hydrogen-bond donors (Lipinski definition) is 2. The van der Waals surface area contributed by atoms with Gasteiger partial charge in [-0.2, -0.15) is 0 Å². The number of aryl methyl sites for hydroxylation is 3. The smallest absolute Gasteiger partial charge is 0.339 e. The van der Waals surface area contributed by atoms with Gasteiger partial charge >= 0.3 is 11.9 Å². The first-order valence-electron chi connectivity index (χ1n) is 15.6. The molecule has 2 aromatic carbocycles. The fourth-order valence-electron chi connectivity index (χ4n) is 5.62. The molecule has 0 heterocycles. The molecule has 0 amide bonds. The number of carboxylic acid groups (broad SMARTS) is 2. The van der Waals surface area contributed by atoms with Gasteiger partial charge in [0.15, 0.2) is 0 Å². The van der Waals surface area contributed by atoms with Gasteiger partial charge in [0, 0.05) is 5.92 Å². The molecular weight excluding hydrogens is 580 g/mol. The molecule has 1 fully saturated rings. The van der Waals surface area contributed by atoms with Crippen LogP contribution in [0.1, 0.15) is 53.5 Å². The van der Waals surface area contributed by atoms with Crippen molar-refractivity contribution in [3.05, 3.63) is 76.0 Å². The Morgan fingerprint density at radius 2 is 1.27 bits per heavy atom. The Bertz CT molecular complexity index is 1200. The highest BCUT2D eigenvalue weighted by molar-refractivity contribution is 6.17. The molecule has 10 heteroatoms. The summed E-state index contributed by atoms with van der Waals surface area (Å²) in [6.45, 7) is 9.11. The van der Waals surface area contributed by atoms with Crippen LogP contribution in [0, 0.1) is 26.7 Å². The zero-order valence-electron chi connectivity index (χ0n) is 26.8. The van der Waals surface area contributed by atoms with Crippen molar-refractivity contribution in [2.24, 2.45) is 5.92 Å². The molecule has 0 saturated heterocycles. The Labute approximate surface area is 266 Å². The van der Waals surface area contributed by atoms with Crippen LogP contribution in [-0.2, 0) is 44.6 Å². The van der Waals surface area contributed by atoms with Crippen LogP contribution in [0.3, 0.4) is 0 Å². The largest absolute Gasteiger partial charge is 0.492 e. The molecule has 45 heavy (non-hydrogen) atoms. The molecule has 1 aliphatic carbocycles. The second-order valence-electron chi connectivity index (χ2n) is 11.2. The number of benzene rings is 2. The number of hydrogen-bond acceptors (Lipinski definition) is 8. The average Bonchev–Trinajstić information content (AvgIpc) is 3.00. The maximum Gasteiger partial charge on any atom is 0.339 e. The minimum absolute atomic E-state index is 0.0191. The number of rotatable bonds is 21. The number of carboxylic acids is 2. The van der Waals surface area contributed by atoms with Gasteiger partial charge in [0.05, 0.1) is 59.0 Å². The van der Waals surface area contributed by atoms with Crippen LogP contribution in [0.2, 0.25) is 0 Å². The van der Waals surface area contributed by atoms with Crippen LogP contribution < -0.4 is 0 Å². The van der Waals surface area contributed by atoms with Crippen molar-refractivity contribution in [2.75, 3.05) is 59.5 Å². The molecule has 0 spiro atoms. The summed E-state index contributed by atoms with van der Waals surface area (Å²) in [7, 11) is 0. The van der Waals surface area contributed by atoms with Gasteiger partial charge in [-0.3, -0.25) is 0 Å². The summed E-state index contributed by atoms with van der Waals surface area (Å²) in [5, 5.41) is 19.0. The van der Waals surface area contributed by atoms with Crippen LogP contribution in [0.25, 0.3) is 5.57 Å². The van der Waals surface area contributed by atoms with Gasteiger partial charge in [0.1, 0.15) is 24.5 Å². The number of allylic oxidation sites excluding steroid dienone is 1. The Morgan fingerprint density at radius 1 is 0.733 bits per heavy atom. The summed E-state index contributed by atoms with van der Waals surface area (Å²) in [5.74, 6) is -1.43. The standard InChI is InChI=1S/C35H48O10/c1-25-21-26(2)32(27(3)22-25)33(35(38)39)34(45-23-28-7-5-4-6-8-28)29-9-11-30(12-10-29)44-20-19-42-16-15-40-13-14-41-17-18-43-24-31(36)37/h4-8,21-22,29-30H,9-20,23-24H2,1-3H3,(H,36,37)(H,38,39)/b34-33+. The Kier molecular flexibility index (Phi) is 16.1. The number of aliphatic carboxylic acids is 2. The van der Waals surface area contributed by atoms with Crippen LogP contribution in [0.5, 0.6) is 0 Å². The van der Waals surface area contributed by atoms with E-state index in [2.05, 4.69) is 0 Å². The summed E-state index contributed by atoms with van der Waals surface area (Å²) in [4.78, 5) is 23.2. The molecule has 0 atom stereocenters. The van der Waals surface area contributed by atoms with E-state index < -0.39 is 11.9 Å². The van der Waals surface area contributed by atoms with Gasteiger partial charge in [0.25, 0.3) is 0 Å². The quantitative estimate of drug-likeness (QED) is 0.106. The molecule has 2 N–H and O–H groups in total. The van der Waals surface area contributed by atoms with Crippen molar-refractivity contribution in [1.29, 1.82) is 0 Å². The predicted molar refractivity (Wildman–Crippen MR) is 169 cm³/mol. The molecule has 3 rings (SSSR count). The fourth-order valence-corrected chi connectivity index (χ4v) is 5.62. The van der Waals surface area contributed by atoms with E-state index in [0.717, 1.165) is 53.5 Å².